The summed E-state index contributed by atoms with van der Waals surface area (Å²) in [6.45, 7) is 0.279. The van der Waals surface area contributed by atoms with E-state index in [2.05, 4.69) is 15.7 Å². The van der Waals surface area contributed by atoms with E-state index in [0.717, 1.165) is 5.56 Å². The quantitative estimate of drug-likeness (QED) is 0.766. The summed E-state index contributed by atoms with van der Waals surface area (Å²) in [5, 5.41) is 18.2. The molecule has 1 aromatic heterocycles. The predicted molar refractivity (Wildman–Crippen MR) is 75.4 cm³/mol. The monoisotopic (exact) mass is 288 g/mol. The van der Waals surface area contributed by atoms with E-state index in [1.54, 1.807) is 54.5 Å². The van der Waals surface area contributed by atoms with Crippen molar-refractivity contribution in [3.05, 3.63) is 53.9 Å². The van der Waals surface area contributed by atoms with E-state index in [9.17, 15) is 14.7 Å². The number of carbonyl (C=O) groups excluding carboxylic acids is 1. The molecular weight excluding hydrogens is 272 g/mol. The number of aliphatic carboxylic acids is 1. The maximum Gasteiger partial charge on any atom is 0.330 e. The van der Waals surface area contributed by atoms with Gasteiger partial charge in [-0.15, -0.1) is 0 Å². The molecule has 0 spiro atoms. The van der Waals surface area contributed by atoms with E-state index >= 15 is 0 Å². The van der Waals surface area contributed by atoms with Crippen LogP contribution in [0.3, 0.4) is 0 Å². The van der Waals surface area contributed by atoms with Gasteiger partial charge >= 0.3 is 12.0 Å². The van der Waals surface area contributed by atoms with Gasteiger partial charge in [0.2, 0.25) is 0 Å². The standard InChI is InChI=1S/C14H16N4O3/c1-18-9-10(8-16-18)7-15-14(21)17-12(13(19)20)11-5-3-2-4-6-11/h2-6,8-9,12H,7H2,1H3,(H,19,20)(H2,15,17,21)/t12-/m0/s1. The van der Waals surface area contributed by atoms with Gasteiger partial charge in [-0.25, -0.2) is 9.59 Å². The average molecular weight is 288 g/mol. The third-order valence-electron chi connectivity index (χ3n) is 2.87. The van der Waals surface area contributed by atoms with Crippen LogP contribution in [0.2, 0.25) is 0 Å². The first-order chi connectivity index (χ1) is 10.1. The Morgan fingerprint density at radius 2 is 2.05 bits per heavy atom. The van der Waals surface area contributed by atoms with E-state index in [4.69, 9.17) is 0 Å². The van der Waals surface area contributed by atoms with Crippen LogP contribution < -0.4 is 10.6 Å². The Morgan fingerprint density at radius 3 is 2.62 bits per heavy atom. The summed E-state index contributed by atoms with van der Waals surface area (Å²) in [4.78, 5) is 23.1. The Balaban J connectivity index is 1.94. The fraction of sp³-hybridized carbons (Fsp3) is 0.214. The number of hydrogen-bond donors (Lipinski definition) is 3. The number of rotatable bonds is 5. The number of aryl methyl sites for hydroxylation is 1. The van der Waals surface area contributed by atoms with Crippen molar-refractivity contribution in [3.63, 3.8) is 0 Å². The zero-order valence-corrected chi connectivity index (χ0v) is 11.5. The highest BCUT2D eigenvalue weighted by Gasteiger charge is 2.21. The molecule has 0 bridgehead atoms. The number of nitrogens with zero attached hydrogens (tertiary/aromatic N) is 2. The third kappa shape index (κ3) is 4.07. The highest BCUT2D eigenvalue weighted by Crippen LogP contribution is 2.12. The molecule has 0 saturated heterocycles. The molecule has 21 heavy (non-hydrogen) atoms. The summed E-state index contributed by atoms with van der Waals surface area (Å²) in [7, 11) is 1.78. The Kier molecular flexibility index (Phi) is 4.55. The maximum atomic E-state index is 11.8. The summed E-state index contributed by atoms with van der Waals surface area (Å²) in [6.07, 6.45) is 3.40. The molecule has 0 unspecified atom stereocenters. The molecule has 0 aliphatic carbocycles. The minimum atomic E-state index is -1.11. The molecule has 1 heterocycles. The molecule has 7 nitrogen and oxygen atoms in total. The van der Waals surface area contributed by atoms with Crippen LogP contribution in [0.4, 0.5) is 4.79 Å². The minimum Gasteiger partial charge on any atom is -0.479 e. The third-order valence-corrected chi connectivity index (χ3v) is 2.87. The average Bonchev–Trinajstić information content (AvgIpc) is 2.89. The van der Waals surface area contributed by atoms with Crippen LogP contribution >= 0.6 is 0 Å². The molecule has 2 aromatic rings. The Hall–Kier alpha value is -2.83. The van der Waals surface area contributed by atoms with E-state index in [0.29, 0.717) is 5.56 Å². The van der Waals surface area contributed by atoms with Crippen molar-refractivity contribution in [2.45, 2.75) is 12.6 Å². The topological polar surface area (TPSA) is 96.2 Å². The first-order valence-electron chi connectivity index (χ1n) is 6.36. The molecule has 0 aliphatic heterocycles. The SMILES string of the molecule is Cn1cc(CNC(=O)N[C@H](C(=O)O)c2ccccc2)cn1. The number of aromatic nitrogens is 2. The van der Waals surface area contributed by atoms with Gasteiger partial charge in [0.1, 0.15) is 0 Å². The van der Waals surface area contributed by atoms with E-state index in [1.807, 2.05) is 0 Å². The van der Waals surface area contributed by atoms with Crippen molar-refractivity contribution >= 4 is 12.0 Å². The molecule has 1 aromatic carbocycles. The number of benzene rings is 1. The smallest absolute Gasteiger partial charge is 0.330 e. The van der Waals surface area contributed by atoms with Crippen molar-refractivity contribution in [1.29, 1.82) is 0 Å². The van der Waals surface area contributed by atoms with Crippen LogP contribution in [0, 0.1) is 0 Å². The van der Waals surface area contributed by atoms with Crippen molar-refractivity contribution in [1.82, 2.24) is 20.4 Å². The second kappa shape index (κ2) is 6.56. The zero-order valence-electron chi connectivity index (χ0n) is 11.5. The molecule has 3 N–H and O–H groups in total. The Bertz CT molecular complexity index is 624. The van der Waals surface area contributed by atoms with Crippen molar-refractivity contribution in [3.8, 4) is 0 Å². The second-order valence-electron chi connectivity index (χ2n) is 4.53. The summed E-state index contributed by atoms with van der Waals surface area (Å²) in [6, 6.07) is 6.90. The molecule has 2 rings (SSSR count). The van der Waals surface area contributed by atoms with E-state index in [-0.39, 0.29) is 6.54 Å². The molecule has 0 saturated carbocycles. The maximum absolute atomic E-state index is 11.8. The fourth-order valence-electron chi connectivity index (χ4n) is 1.86. The number of urea groups is 1. The number of nitrogens with one attached hydrogen (secondary N) is 2. The van der Waals surface area contributed by atoms with Crippen LogP contribution in [-0.4, -0.2) is 26.9 Å². The van der Waals surface area contributed by atoms with E-state index in [1.165, 1.54) is 0 Å². The predicted octanol–water partition coefficient (Wildman–Crippen LogP) is 1.05. The van der Waals surface area contributed by atoms with Crippen molar-refractivity contribution in [2.75, 3.05) is 0 Å². The van der Waals surface area contributed by atoms with Crippen LogP contribution in [0.25, 0.3) is 0 Å². The van der Waals surface area contributed by atoms with Crippen molar-refractivity contribution < 1.29 is 14.7 Å². The summed E-state index contributed by atoms with van der Waals surface area (Å²) in [5.74, 6) is -1.11. The highest BCUT2D eigenvalue weighted by molar-refractivity contribution is 5.83. The molecule has 0 radical (unpaired) electrons. The number of carboxylic acid groups (broad SMARTS) is 1. The van der Waals surface area contributed by atoms with Gasteiger partial charge in [0, 0.05) is 25.4 Å². The summed E-state index contributed by atoms with van der Waals surface area (Å²) < 4.78 is 1.62. The molecule has 0 aliphatic rings. The first-order valence-corrected chi connectivity index (χ1v) is 6.36. The Morgan fingerprint density at radius 1 is 1.33 bits per heavy atom. The number of carboxylic acids is 1. The van der Waals surface area contributed by atoms with Gasteiger partial charge in [-0.3, -0.25) is 4.68 Å². The molecular formula is C14H16N4O3. The highest BCUT2D eigenvalue weighted by atomic mass is 16.4. The lowest BCUT2D eigenvalue weighted by Gasteiger charge is -2.15. The van der Waals surface area contributed by atoms with Gasteiger partial charge in [-0.2, -0.15) is 5.10 Å². The van der Waals surface area contributed by atoms with Crippen molar-refractivity contribution in [2.24, 2.45) is 7.05 Å². The second-order valence-corrected chi connectivity index (χ2v) is 4.53. The fourth-order valence-corrected chi connectivity index (χ4v) is 1.86. The molecule has 2 amide bonds. The molecule has 0 fully saturated rings. The first kappa shape index (κ1) is 14.6. The number of hydrogen-bond acceptors (Lipinski definition) is 3. The lowest BCUT2D eigenvalue weighted by molar-refractivity contribution is -0.139. The molecule has 110 valence electrons. The number of amides is 2. The largest absolute Gasteiger partial charge is 0.479 e. The zero-order chi connectivity index (χ0) is 15.2. The Labute approximate surface area is 121 Å². The van der Waals surface area contributed by atoms with Gasteiger partial charge < -0.3 is 15.7 Å². The van der Waals surface area contributed by atoms with Gasteiger partial charge in [-0.05, 0) is 5.56 Å². The summed E-state index contributed by atoms with van der Waals surface area (Å²) in [5.41, 5.74) is 1.35. The molecule has 1 atom stereocenters. The van der Waals surface area contributed by atoms with Gasteiger partial charge in [0.15, 0.2) is 6.04 Å². The summed E-state index contributed by atoms with van der Waals surface area (Å²) >= 11 is 0. The lowest BCUT2D eigenvalue weighted by Crippen LogP contribution is -2.40. The van der Waals surface area contributed by atoms with Crippen LogP contribution in [-0.2, 0) is 18.4 Å². The van der Waals surface area contributed by atoms with Gasteiger partial charge in [-0.1, -0.05) is 30.3 Å². The normalized spacial score (nSPS) is 11.7. The number of carbonyl (C=O) groups is 2. The van der Waals surface area contributed by atoms with Gasteiger partial charge in [0.25, 0.3) is 0 Å². The lowest BCUT2D eigenvalue weighted by atomic mass is 10.1. The van der Waals surface area contributed by atoms with Crippen LogP contribution in [0.5, 0.6) is 0 Å². The minimum absolute atomic E-state index is 0.279. The van der Waals surface area contributed by atoms with Gasteiger partial charge in [0.05, 0.1) is 6.20 Å². The van der Waals surface area contributed by atoms with Crippen LogP contribution in [0.1, 0.15) is 17.2 Å². The van der Waals surface area contributed by atoms with Crippen LogP contribution in [0.15, 0.2) is 42.7 Å². The van der Waals surface area contributed by atoms with E-state index < -0.39 is 18.0 Å². The molecule has 7 heteroatoms.